The van der Waals surface area contributed by atoms with E-state index in [2.05, 4.69) is 27.5 Å². The number of guanidine groups is 1. The van der Waals surface area contributed by atoms with Crippen LogP contribution in [0.5, 0.6) is 0 Å². The maximum atomic E-state index is 12.5. The van der Waals surface area contributed by atoms with Gasteiger partial charge >= 0.3 is 6.18 Å². The Morgan fingerprint density at radius 2 is 2.00 bits per heavy atom. The smallest absolute Gasteiger partial charge is 0.356 e. The van der Waals surface area contributed by atoms with Crippen LogP contribution in [0.1, 0.15) is 30.5 Å². The number of amides is 1. The number of aromatic nitrogens is 1. The van der Waals surface area contributed by atoms with Crippen LogP contribution in [0.4, 0.5) is 13.2 Å². The van der Waals surface area contributed by atoms with Crippen molar-refractivity contribution >= 4 is 23.2 Å². The molecular weight excluding hydrogens is 355 g/mol. The van der Waals surface area contributed by atoms with Gasteiger partial charge in [-0.2, -0.15) is 13.2 Å². The van der Waals surface area contributed by atoms with Crippen molar-refractivity contribution in [2.24, 2.45) is 4.99 Å². The number of nitrogens with one attached hydrogen (secondary N) is 2. The highest BCUT2D eigenvalue weighted by atomic mass is 32.1. The molecule has 0 fully saturated rings. The summed E-state index contributed by atoms with van der Waals surface area (Å²) in [6.45, 7) is 3.14. The van der Waals surface area contributed by atoms with Gasteiger partial charge in [-0.3, -0.25) is 4.79 Å². The molecule has 0 aliphatic heterocycles. The van der Waals surface area contributed by atoms with E-state index in [0.717, 1.165) is 29.6 Å². The second-order valence-corrected chi connectivity index (χ2v) is 6.48. The van der Waals surface area contributed by atoms with Gasteiger partial charge in [0, 0.05) is 39.0 Å². The minimum Gasteiger partial charge on any atom is -0.356 e. The van der Waals surface area contributed by atoms with Crippen molar-refractivity contribution in [1.29, 1.82) is 0 Å². The van der Waals surface area contributed by atoms with Gasteiger partial charge in [0.25, 0.3) is 0 Å². The second kappa shape index (κ2) is 10.2. The number of halogens is 3. The Bertz CT molecular complexity index is 572. The number of nitrogens with zero attached hydrogens (tertiary/aromatic N) is 3. The summed E-state index contributed by atoms with van der Waals surface area (Å²) < 4.78 is 37.6. The predicted molar refractivity (Wildman–Crippen MR) is 92.7 cm³/mol. The molecule has 0 spiro atoms. The number of carbonyl (C=O) groups excluding carboxylic acids is 1. The number of rotatable bonds is 8. The minimum atomic E-state index is -4.41. The Labute approximate surface area is 149 Å². The first-order valence-corrected chi connectivity index (χ1v) is 8.86. The van der Waals surface area contributed by atoms with Crippen molar-refractivity contribution in [3.05, 3.63) is 16.1 Å². The molecule has 0 aromatic carbocycles. The number of carbonyl (C=O) groups is 1. The van der Waals surface area contributed by atoms with Gasteiger partial charge < -0.3 is 15.5 Å². The van der Waals surface area contributed by atoms with Crippen molar-refractivity contribution in [3.63, 3.8) is 0 Å². The molecule has 1 aromatic heterocycles. The van der Waals surface area contributed by atoms with E-state index >= 15 is 0 Å². The molecule has 1 amide bonds. The van der Waals surface area contributed by atoms with E-state index in [0.29, 0.717) is 30.5 Å². The van der Waals surface area contributed by atoms with E-state index in [4.69, 9.17) is 0 Å². The molecule has 142 valence electrons. The zero-order chi connectivity index (χ0) is 18.9. The molecule has 10 heteroatoms. The van der Waals surface area contributed by atoms with Crippen molar-refractivity contribution in [2.45, 2.75) is 32.4 Å². The van der Waals surface area contributed by atoms with E-state index in [9.17, 15) is 18.0 Å². The molecule has 0 radical (unpaired) electrons. The Kier molecular flexibility index (Phi) is 8.67. The van der Waals surface area contributed by atoms with Gasteiger partial charge in [-0.25, -0.2) is 9.98 Å². The lowest BCUT2D eigenvalue weighted by Crippen LogP contribution is -2.40. The van der Waals surface area contributed by atoms with Gasteiger partial charge in [0.2, 0.25) is 5.91 Å². The quantitative estimate of drug-likeness (QED) is 0.412. The number of hydrogen-bond acceptors (Lipinski definition) is 4. The third-order valence-electron chi connectivity index (χ3n) is 3.17. The average Bonchev–Trinajstić information content (AvgIpc) is 3.01. The van der Waals surface area contributed by atoms with Gasteiger partial charge in [-0.15, -0.1) is 11.3 Å². The molecule has 1 rings (SSSR count). The van der Waals surface area contributed by atoms with Crippen molar-refractivity contribution in [3.8, 4) is 0 Å². The summed E-state index contributed by atoms with van der Waals surface area (Å²) in [7, 11) is 3.30. The topological polar surface area (TPSA) is 69.6 Å². The van der Waals surface area contributed by atoms with Crippen LogP contribution in [-0.2, 0) is 17.4 Å². The molecule has 0 saturated heterocycles. The van der Waals surface area contributed by atoms with Crippen LogP contribution in [0.3, 0.4) is 0 Å². The van der Waals surface area contributed by atoms with Crippen molar-refractivity contribution in [1.82, 2.24) is 20.5 Å². The van der Waals surface area contributed by atoms with E-state index in [-0.39, 0.29) is 12.5 Å². The number of alkyl halides is 3. The fourth-order valence-corrected chi connectivity index (χ4v) is 2.49. The number of aliphatic imine (C=N–C) groups is 1. The predicted octanol–water partition coefficient (Wildman–Crippen LogP) is 2.13. The van der Waals surface area contributed by atoms with E-state index < -0.39 is 11.9 Å². The molecular formula is C15H24F3N5OS. The summed E-state index contributed by atoms with van der Waals surface area (Å²) in [4.78, 5) is 20.8. The molecule has 0 aliphatic rings. The van der Waals surface area contributed by atoms with Crippen molar-refractivity contribution in [2.75, 3.05) is 33.7 Å². The first-order chi connectivity index (χ1) is 11.7. The van der Waals surface area contributed by atoms with Crippen LogP contribution in [0.25, 0.3) is 0 Å². The van der Waals surface area contributed by atoms with Crippen LogP contribution >= 0.6 is 11.3 Å². The number of likely N-dealkylation sites (N-methyl/N-ethyl adjacent to an activating group) is 1. The molecule has 2 N–H and O–H groups in total. The van der Waals surface area contributed by atoms with Gasteiger partial charge in [0.1, 0.15) is 6.54 Å². The molecule has 0 saturated carbocycles. The summed E-state index contributed by atoms with van der Waals surface area (Å²) in [5, 5.41) is 7.54. The molecule has 0 bridgehead atoms. The van der Waals surface area contributed by atoms with Gasteiger partial charge in [-0.1, -0.05) is 13.3 Å². The largest absolute Gasteiger partial charge is 0.434 e. The number of thiazole rings is 1. The maximum absolute atomic E-state index is 12.5. The molecule has 25 heavy (non-hydrogen) atoms. The Morgan fingerprint density at radius 3 is 2.56 bits per heavy atom. The standard InChI is InChI=1S/C15H24F3N5OS/c1-4-5-7-19-14(21-9-13(24)23(2)3)20-8-6-12-22-11(10-25-12)15(16,17)18/h10H,4-9H2,1-3H3,(H2,19,20,21). The zero-order valence-corrected chi connectivity index (χ0v) is 15.4. The molecule has 1 aromatic rings. The second-order valence-electron chi connectivity index (χ2n) is 5.53. The minimum absolute atomic E-state index is 0.00390. The summed E-state index contributed by atoms with van der Waals surface area (Å²) in [5.41, 5.74) is -0.862. The lowest BCUT2D eigenvalue weighted by molar-refractivity contribution is -0.140. The normalized spacial score (nSPS) is 12.2. The SMILES string of the molecule is CCCCNC(=NCC(=O)N(C)C)NCCc1nc(C(F)(F)F)cs1. The summed E-state index contributed by atoms with van der Waals surface area (Å²) in [6.07, 6.45) is -2.11. The lowest BCUT2D eigenvalue weighted by atomic mass is 10.3. The van der Waals surface area contributed by atoms with Crippen molar-refractivity contribution < 1.29 is 18.0 Å². The third-order valence-corrected chi connectivity index (χ3v) is 4.08. The average molecular weight is 379 g/mol. The summed E-state index contributed by atoms with van der Waals surface area (Å²) in [5.74, 6) is 0.336. The van der Waals surface area contributed by atoms with E-state index in [1.807, 2.05) is 0 Å². The fourth-order valence-electron chi connectivity index (χ4n) is 1.69. The lowest BCUT2D eigenvalue weighted by Gasteiger charge is -2.13. The summed E-state index contributed by atoms with van der Waals surface area (Å²) in [6, 6.07) is 0. The number of hydrogen-bond donors (Lipinski definition) is 2. The highest BCUT2D eigenvalue weighted by molar-refractivity contribution is 7.09. The zero-order valence-electron chi connectivity index (χ0n) is 14.6. The first-order valence-electron chi connectivity index (χ1n) is 7.98. The Hall–Kier alpha value is -1.84. The monoisotopic (exact) mass is 379 g/mol. The Morgan fingerprint density at radius 1 is 1.32 bits per heavy atom. The fraction of sp³-hybridized carbons (Fsp3) is 0.667. The van der Waals surface area contributed by atoms with Crippen LogP contribution in [0.15, 0.2) is 10.4 Å². The molecule has 0 aliphatic carbocycles. The molecule has 1 heterocycles. The first kappa shape index (κ1) is 21.2. The van der Waals surface area contributed by atoms with Gasteiger partial charge in [0.05, 0.1) is 5.01 Å². The van der Waals surface area contributed by atoms with Gasteiger partial charge in [0.15, 0.2) is 11.7 Å². The Balaban J connectivity index is 2.54. The third kappa shape index (κ3) is 8.19. The van der Waals surface area contributed by atoms with Crippen LogP contribution in [0, 0.1) is 0 Å². The molecule has 0 unspecified atom stereocenters. The van der Waals surface area contributed by atoms with Crippen LogP contribution in [0.2, 0.25) is 0 Å². The molecule has 0 atom stereocenters. The highest BCUT2D eigenvalue weighted by Gasteiger charge is 2.33. The maximum Gasteiger partial charge on any atom is 0.434 e. The van der Waals surface area contributed by atoms with Crippen LogP contribution < -0.4 is 10.6 Å². The van der Waals surface area contributed by atoms with Gasteiger partial charge in [-0.05, 0) is 6.42 Å². The molecule has 6 nitrogen and oxygen atoms in total. The summed E-state index contributed by atoms with van der Waals surface area (Å²) >= 11 is 0.980. The number of unbranched alkanes of at least 4 members (excludes halogenated alkanes) is 1. The van der Waals surface area contributed by atoms with E-state index in [1.165, 1.54) is 4.90 Å². The highest BCUT2D eigenvalue weighted by Crippen LogP contribution is 2.29. The van der Waals surface area contributed by atoms with Crippen LogP contribution in [-0.4, -0.2) is 55.5 Å². The van der Waals surface area contributed by atoms with E-state index in [1.54, 1.807) is 14.1 Å².